The second kappa shape index (κ2) is 8.91. The molecule has 0 atom stereocenters. The molecule has 0 aliphatic heterocycles. The van der Waals surface area contributed by atoms with Crippen LogP contribution >= 0.6 is 11.8 Å². The number of hydrogen-bond donors (Lipinski definition) is 1. The highest BCUT2D eigenvalue weighted by Crippen LogP contribution is 2.26. The third-order valence-electron chi connectivity index (χ3n) is 4.92. The minimum Gasteiger partial charge on any atom is -0.492 e. The van der Waals surface area contributed by atoms with Gasteiger partial charge in [0.1, 0.15) is 17.1 Å². The van der Waals surface area contributed by atoms with Crippen LogP contribution < -0.4 is 10.1 Å². The van der Waals surface area contributed by atoms with Crippen LogP contribution in [0.2, 0.25) is 0 Å². The smallest absolute Gasteiger partial charge is 0.234 e. The lowest BCUT2D eigenvalue weighted by Gasteiger charge is -2.10. The zero-order chi connectivity index (χ0) is 22.8. The maximum absolute atomic E-state index is 13.2. The van der Waals surface area contributed by atoms with Crippen LogP contribution in [-0.4, -0.2) is 42.5 Å². The lowest BCUT2D eigenvalue weighted by Crippen LogP contribution is -2.15. The van der Waals surface area contributed by atoms with E-state index in [-0.39, 0.29) is 17.5 Å². The zero-order valence-electron chi connectivity index (χ0n) is 17.6. The number of ether oxygens (including phenoxy) is 1. The van der Waals surface area contributed by atoms with Crippen molar-refractivity contribution in [2.45, 2.75) is 12.1 Å². The van der Waals surface area contributed by atoms with Gasteiger partial charge in [0.2, 0.25) is 5.91 Å². The summed E-state index contributed by atoms with van der Waals surface area (Å²) in [5, 5.41) is 16.5. The average molecular weight is 463 g/mol. The number of fused-ring (bicyclic) bond motifs is 3. The van der Waals surface area contributed by atoms with Crippen molar-refractivity contribution in [3.05, 3.63) is 72.8 Å². The van der Waals surface area contributed by atoms with Crippen molar-refractivity contribution < 1.29 is 13.9 Å². The summed E-state index contributed by atoms with van der Waals surface area (Å²) < 4.78 is 22.3. The number of aromatic nitrogens is 5. The second-order valence-electron chi connectivity index (χ2n) is 7.11. The zero-order valence-corrected chi connectivity index (χ0v) is 18.4. The second-order valence-corrected chi connectivity index (χ2v) is 8.05. The number of amides is 1. The number of carbonyl (C=O) groups excluding carboxylic acids is 1. The van der Waals surface area contributed by atoms with Crippen molar-refractivity contribution in [3.63, 3.8) is 0 Å². The molecule has 3 heterocycles. The highest BCUT2D eigenvalue weighted by Gasteiger charge is 2.15. The molecule has 0 radical (unpaired) electrons. The van der Waals surface area contributed by atoms with E-state index in [1.165, 1.54) is 23.9 Å². The first-order chi connectivity index (χ1) is 16.1. The Hall–Kier alpha value is -3.92. The monoisotopic (exact) mass is 462 g/mol. The summed E-state index contributed by atoms with van der Waals surface area (Å²) in [5.41, 5.74) is 3.50. The Morgan fingerprint density at radius 3 is 2.76 bits per heavy atom. The molecule has 2 aromatic carbocycles. The first-order valence-corrected chi connectivity index (χ1v) is 11.2. The molecular weight excluding hydrogens is 443 g/mol. The van der Waals surface area contributed by atoms with Crippen LogP contribution in [0.3, 0.4) is 0 Å². The first kappa shape index (κ1) is 21.0. The third kappa shape index (κ3) is 4.24. The fourth-order valence-electron chi connectivity index (χ4n) is 3.42. The van der Waals surface area contributed by atoms with Crippen molar-refractivity contribution >= 4 is 34.5 Å². The molecule has 1 amide bonds. The number of nitrogens with zero attached hydrogens (tertiary/aromatic N) is 5. The molecule has 0 saturated heterocycles. The molecule has 0 unspecified atom stereocenters. The molecule has 0 aliphatic rings. The Balaban J connectivity index is 1.35. The molecule has 33 heavy (non-hydrogen) atoms. The number of para-hydroxylation sites is 2. The van der Waals surface area contributed by atoms with Gasteiger partial charge >= 0.3 is 0 Å². The van der Waals surface area contributed by atoms with E-state index in [2.05, 4.69) is 20.6 Å². The molecule has 0 saturated carbocycles. The molecule has 0 fully saturated rings. The van der Waals surface area contributed by atoms with Gasteiger partial charge in [-0.25, -0.2) is 8.91 Å². The van der Waals surface area contributed by atoms with Crippen molar-refractivity contribution in [1.82, 2.24) is 24.2 Å². The number of carbonyl (C=O) groups is 1. The van der Waals surface area contributed by atoms with Crippen LogP contribution in [0.25, 0.3) is 22.4 Å². The Morgan fingerprint density at radius 1 is 1.12 bits per heavy atom. The van der Waals surface area contributed by atoms with Crippen molar-refractivity contribution in [1.29, 1.82) is 0 Å². The van der Waals surface area contributed by atoms with Crippen molar-refractivity contribution in [3.8, 4) is 17.0 Å². The van der Waals surface area contributed by atoms with Gasteiger partial charge in [0, 0.05) is 18.0 Å². The number of thioether (sulfide) groups is 1. The third-order valence-corrected chi connectivity index (χ3v) is 5.86. The molecule has 0 bridgehead atoms. The minimum absolute atomic E-state index is 0.159. The summed E-state index contributed by atoms with van der Waals surface area (Å²) in [6, 6.07) is 15.4. The van der Waals surface area contributed by atoms with Crippen LogP contribution in [0.1, 0.15) is 6.92 Å². The van der Waals surface area contributed by atoms with Gasteiger partial charge in [-0.2, -0.15) is 5.10 Å². The molecule has 5 rings (SSSR count). The summed E-state index contributed by atoms with van der Waals surface area (Å²) in [5.74, 6) is 0.320. The van der Waals surface area contributed by atoms with E-state index >= 15 is 0 Å². The summed E-state index contributed by atoms with van der Waals surface area (Å²) in [4.78, 5) is 12.5. The number of anilines is 1. The highest BCUT2D eigenvalue weighted by atomic mass is 32.2. The van der Waals surface area contributed by atoms with Crippen molar-refractivity contribution in [2.75, 3.05) is 17.7 Å². The van der Waals surface area contributed by atoms with Gasteiger partial charge in [0.15, 0.2) is 10.8 Å². The number of benzene rings is 2. The van der Waals surface area contributed by atoms with Gasteiger partial charge < -0.3 is 10.1 Å². The van der Waals surface area contributed by atoms with Gasteiger partial charge in [0.25, 0.3) is 0 Å². The van der Waals surface area contributed by atoms with E-state index in [4.69, 9.17) is 4.74 Å². The largest absolute Gasteiger partial charge is 0.492 e. The van der Waals surface area contributed by atoms with Gasteiger partial charge in [-0.15, -0.1) is 10.2 Å². The normalized spacial score (nSPS) is 11.2. The minimum atomic E-state index is -0.297. The number of nitrogens with one attached hydrogen (secondary N) is 1. The molecule has 10 heteroatoms. The topological polar surface area (TPSA) is 85.8 Å². The van der Waals surface area contributed by atoms with Crippen LogP contribution in [0.15, 0.2) is 72.1 Å². The molecule has 5 aromatic rings. The Labute approximate surface area is 192 Å². The number of halogens is 1. The van der Waals surface area contributed by atoms with E-state index < -0.39 is 0 Å². The molecule has 1 N–H and O–H groups in total. The summed E-state index contributed by atoms with van der Waals surface area (Å²) in [6.45, 7) is 2.41. The molecular formula is C23H19FN6O2S. The first-order valence-electron chi connectivity index (χ1n) is 10.3. The lowest BCUT2D eigenvalue weighted by atomic mass is 10.1. The van der Waals surface area contributed by atoms with Crippen LogP contribution in [0, 0.1) is 5.82 Å². The fourth-order valence-corrected chi connectivity index (χ4v) is 4.14. The maximum atomic E-state index is 13.2. The van der Waals surface area contributed by atoms with Crippen LogP contribution in [0.4, 0.5) is 10.1 Å². The molecule has 3 aromatic heterocycles. The molecule has 0 aliphatic carbocycles. The Kier molecular flexibility index (Phi) is 5.66. The van der Waals surface area contributed by atoms with Gasteiger partial charge in [-0.05, 0) is 49.4 Å². The highest BCUT2D eigenvalue weighted by molar-refractivity contribution is 7.99. The maximum Gasteiger partial charge on any atom is 0.234 e. The van der Waals surface area contributed by atoms with Gasteiger partial charge in [-0.1, -0.05) is 23.9 Å². The standard InChI is InChI=1S/C23H19FN6O2S/c1-2-32-20-6-4-3-5-17(20)25-21(31)14-33-23-27-26-22-19-13-18(15-7-9-16(24)10-8-15)28-30(19)12-11-29(22)23/h3-13H,2,14H2,1H3,(H,25,31). The summed E-state index contributed by atoms with van der Waals surface area (Å²) in [7, 11) is 0. The van der Waals surface area contributed by atoms with Crippen LogP contribution in [-0.2, 0) is 4.79 Å². The summed E-state index contributed by atoms with van der Waals surface area (Å²) in [6.07, 6.45) is 3.59. The Morgan fingerprint density at radius 2 is 1.94 bits per heavy atom. The van der Waals surface area contributed by atoms with Crippen molar-refractivity contribution in [2.24, 2.45) is 0 Å². The van der Waals surface area contributed by atoms with E-state index in [1.54, 1.807) is 35.1 Å². The van der Waals surface area contributed by atoms with Gasteiger partial charge in [0.05, 0.1) is 23.7 Å². The van der Waals surface area contributed by atoms with Crippen LogP contribution in [0.5, 0.6) is 5.75 Å². The van der Waals surface area contributed by atoms with E-state index in [1.807, 2.05) is 35.6 Å². The average Bonchev–Trinajstić information content (AvgIpc) is 3.43. The predicted molar refractivity (Wildman–Crippen MR) is 124 cm³/mol. The number of rotatable bonds is 7. The fraction of sp³-hybridized carbons (Fsp3) is 0.130. The molecule has 8 nitrogen and oxygen atoms in total. The van der Waals surface area contributed by atoms with E-state index in [9.17, 15) is 9.18 Å². The lowest BCUT2D eigenvalue weighted by molar-refractivity contribution is -0.113. The summed E-state index contributed by atoms with van der Waals surface area (Å²) >= 11 is 1.28. The quantitative estimate of drug-likeness (QED) is 0.363. The van der Waals surface area contributed by atoms with E-state index in [0.29, 0.717) is 34.5 Å². The number of hydrogen-bond acceptors (Lipinski definition) is 6. The van der Waals surface area contributed by atoms with Gasteiger partial charge in [-0.3, -0.25) is 9.20 Å². The Bertz CT molecular complexity index is 1450. The molecule has 166 valence electrons. The SMILES string of the molecule is CCOc1ccccc1NC(=O)CSc1nnc2c3cc(-c4ccc(F)cc4)nn3ccn12. The van der Waals surface area contributed by atoms with E-state index in [0.717, 1.165) is 11.1 Å². The molecule has 0 spiro atoms. The predicted octanol–water partition coefficient (Wildman–Crippen LogP) is 4.31.